The predicted molar refractivity (Wildman–Crippen MR) is 62.7 cm³/mol. The fourth-order valence-electron chi connectivity index (χ4n) is 0.983. The second-order valence-electron chi connectivity index (χ2n) is 4.62. The Morgan fingerprint density at radius 2 is 1.72 bits per heavy atom. The number of nitrogens with zero attached hydrogens (tertiary/aromatic N) is 1. The minimum Gasteiger partial charge on any atom is -0.444 e. The van der Waals surface area contributed by atoms with Gasteiger partial charge in [-0.15, -0.1) is 0 Å². The van der Waals surface area contributed by atoms with Crippen LogP contribution in [-0.4, -0.2) is 47.0 Å². The molecule has 0 unspecified atom stereocenters. The van der Waals surface area contributed by atoms with Gasteiger partial charge in [-0.3, -0.25) is 9.69 Å². The maximum Gasteiger partial charge on any atom is 0.410 e. The van der Waals surface area contributed by atoms with Crippen LogP contribution in [0, 0.1) is 0 Å². The Bertz CT molecular complexity index is 312. The van der Waals surface area contributed by atoms with E-state index in [9.17, 15) is 22.8 Å². The molecular formula is C10H15BrF3NO3. The molecular weight excluding hydrogens is 319 g/mol. The molecule has 0 atom stereocenters. The largest absolute Gasteiger partial charge is 0.444 e. The summed E-state index contributed by atoms with van der Waals surface area (Å²) in [6.07, 6.45) is -5.74. The minimum absolute atomic E-state index is 0.121. The fraction of sp³-hybridized carbons (Fsp3) is 0.800. The van der Waals surface area contributed by atoms with E-state index in [2.05, 4.69) is 15.9 Å². The highest BCUT2D eigenvalue weighted by Crippen LogP contribution is 2.18. The van der Waals surface area contributed by atoms with Crippen molar-refractivity contribution in [3.05, 3.63) is 0 Å². The first-order valence-electron chi connectivity index (χ1n) is 5.07. The van der Waals surface area contributed by atoms with Crippen LogP contribution in [0.2, 0.25) is 0 Å². The molecule has 0 aliphatic heterocycles. The van der Waals surface area contributed by atoms with E-state index in [1.807, 2.05) is 0 Å². The number of rotatable bonds is 4. The number of ketones is 1. The minimum atomic E-state index is -4.58. The number of Topliss-reactive ketones (excluding diaryl/α,β-unsaturated/α-hetero) is 1. The Kier molecular flexibility index (Phi) is 6.12. The van der Waals surface area contributed by atoms with Gasteiger partial charge in [-0.2, -0.15) is 13.2 Å². The third-order valence-electron chi connectivity index (χ3n) is 1.54. The van der Waals surface area contributed by atoms with E-state index < -0.39 is 36.7 Å². The van der Waals surface area contributed by atoms with E-state index in [0.29, 0.717) is 4.90 Å². The molecule has 0 saturated carbocycles. The van der Waals surface area contributed by atoms with Crippen molar-refractivity contribution in [2.75, 3.05) is 18.4 Å². The van der Waals surface area contributed by atoms with E-state index >= 15 is 0 Å². The normalized spacial score (nSPS) is 12.2. The number of carbonyl (C=O) groups is 2. The van der Waals surface area contributed by atoms with E-state index in [1.165, 1.54) is 20.8 Å². The van der Waals surface area contributed by atoms with Crippen molar-refractivity contribution in [3.63, 3.8) is 0 Å². The molecule has 0 saturated heterocycles. The van der Waals surface area contributed by atoms with Crippen LogP contribution in [-0.2, 0) is 9.53 Å². The van der Waals surface area contributed by atoms with Crippen molar-refractivity contribution in [1.29, 1.82) is 0 Å². The van der Waals surface area contributed by atoms with Gasteiger partial charge in [-0.25, -0.2) is 4.79 Å². The number of amides is 1. The van der Waals surface area contributed by atoms with Crippen molar-refractivity contribution >= 4 is 27.8 Å². The Morgan fingerprint density at radius 3 is 2.06 bits per heavy atom. The second-order valence-corrected chi connectivity index (χ2v) is 5.18. The Hall–Kier alpha value is -0.790. The van der Waals surface area contributed by atoms with Crippen LogP contribution in [0.1, 0.15) is 20.8 Å². The van der Waals surface area contributed by atoms with Gasteiger partial charge in [0.2, 0.25) is 0 Å². The highest BCUT2D eigenvalue weighted by molar-refractivity contribution is 9.09. The highest BCUT2D eigenvalue weighted by atomic mass is 79.9. The molecule has 0 aromatic heterocycles. The number of carbonyl (C=O) groups excluding carboxylic acids is 2. The van der Waals surface area contributed by atoms with E-state index in [-0.39, 0.29) is 5.33 Å². The Morgan fingerprint density at radius 1 is 1.22 bits per heavy atom. The van der Waals surface area contributed by atoms with E-state index in [4.69, 9.17) is 4.74 Å². The third-order valence-corrected chi connectivity index (χ3v) is 2.16. The molecule has 4 nitrogen and oxygen atoms in total. The van der Waals surface area contributed by atoms with Crippen molar-refractivity contribution < 1.29 is 27.5 Å². The topological polar surface area (TPSA) is 46.6 Å². The summed E-state index contributed by atoms with van der Waals surface area (Å²) in [7, 11) is 0. The molecule has 0 aliphatic carbocycles. The SMILES string of the molecule is CC(C)(C)OC(=O)N(CC(=O)CBr)CC(F)(F)F. The average molecular weight is 334 g/mol. The highest BCUT2D eigenvalue weighted by Gasteiger charge is 2.35. The molecule has 0 radical (unpaired) electrons. The van der Waals surface area contributed by atoms with E-state index in [0.717, 1.165) is 0 Å². The summed E-state index contributed by atoms with van der Waals surface area (Å²) in [5.41, 5.74) is -0.918. The van der Waals surface area contributed by atoms with Gasteiger partial charge in [0.25, 0.3) is 0 Å². The Labute approximate surface area is 112 Å². The predicted octanol–water partition coefficient (Wildman–Crippen LogP) is 2.75. The van der Waals surface area contributed by atoms with Crippen molar-refractivity contribution in [3.8, 4) is 0 Å². The van der Waals surface area contributed by atoms with Crippen LogP contribution in [0.5, 0.6) is 0 Å². The quantitative estimate of drug-likeness (QED) is 0.743. The van der Waals surface area contributed by atoms with Gasteiger partial charge in [0.1, 0.15) is 12.1 Å². The summed E-state index contributed by atoms with van der Waals surface area (Å²) in [5, 5.41) is -0.121. The number of alkyl halides is 4. The van der Waals surface area contributed by atoms with Crippen LogP contribution >= 0.6 is 15.9 Å². The molecule has 0 N–H and O–H groups in total. The van der Waals surface area contributed by atoms with Crippen LogP contribution in [0.25, 0.3) is 0 Å². The molecule has 8 heteroatoms. The first-order valence-corrected chi connectivity index (χ1v) is 6.19. The second kappa shape index (κ2) is 6.40. The van der Waals surface area contributed by atoms with Crippen LogP contribution in [0.4, 0.5) is 18.0 Å². The summed E-state index contributed by atoms with van der Waals surface area (Å²) in [6, 6.07) is 0. The van der Waals surface area contributed by atoms with Crippen LogP contribution < -0.4 is 0 Å². The molecule has 0 fully saturated rings. The van der Waals surface area contributed by atoms with Crippen molar-refractivity contribution in [2.45, 2.75) is 32.5 Å². The summed E-state index contributed by atoms with van der Waals surface area (Å²) >= 11 is 2.82. The van der Waals surface area contributed by atoms with Crippen LogP contribution in [0.3, 0.4) is 0 Å². The van der Waals surface area contributed by atoms with Gasteiger partial charge in [0.05, 0.1) is 11.9 Å². The number of halogens is 4. The van der Waals surface area contributed by atoms with Crippen LogP contribution in [0.15, 0.2) is 0 Å². The standard InChI is InChI=1S/C10H15BrF3NO3/c1-9(2,3)18-8(17)15(5-7(16)4-11)6-10(12,13)14/h4-6H2,1-3H3. The number of ether oxygens (including phenoxy) is 1. The summed E-state index contributed by atoms with van der Waals surface area (Å²) in [6.45, 7) is 2.44. The summed E-state index contributed by atoms with van der Waals surface area (Å²) < 4.78 is 41.7. The average Bonchev–Trinajstić information content (AvgIpc) is 2.11. The van der Waals surface area contributed by atoms with Gasteiger partial charge >= 0.3 is 12.3 Å². The molecule has 0 heterocycles. The van der Waals surface area contributed by atoms with Gasteiger partial charge < -0.3 is 4.74 Å². The zero-order valence-corrected chi connectivity index (χ0v) is 11.9. The lowest BCUT2D eigenvalue weighted by Crippen LogP contribution is -2.44. The van der Waals surface area contributed by atoms with E-state index in [1.54, 1.807) is 0 Å². The first-order chi connectivity index (χ1) is 7.94. The lowest BCUT2D eigenvalue weighted by atomic mass is 10.2. The van der Waals surface area contributed by atoms with Gasteiger partial charge in [0, 0.05) is 0 Å². The lowest BCUT2D eigenvalue weighted by Gasteiger charge is -2.27. The van der Waals surface area contributed by atoms with Crippen molar-refractivity contribution in [1.82, 2.24) is 4.90 Å². The molecule has 18 heavy (non-hydrogen) atoms. The van der Waals surface area contributed by atoms with Gasteiger partial charge in [-0.05, 0) is 20.8 Å². The molecule has 0 bridgehead atoms. The molecule has 0 aromatic carbocycles. The fourth-order valence-corrected chi connectivity index (χ4v) is 1.16. The molecule has 0 aliphatic rings. The molecule has 106 valence electrons. The van der Waals surface area contributed by atoms with Crippen molar-refractivity contribution in [2.24, 2.45) is 0 Å². The number of hydrogen-bond acceptors (Lipinski definition) is 3. The molecule has 0 spiro atoms. The summed E-state index contributed by atoms with van der Waals surface area (Å²) in [5.74, 6) is -0.537. The van der Waals surface area contributed by atoms with Gasteiger partial charge in [-0.1, -0.05) is 15.9 Å². The molecule has 0 rings (SSSR count). The van der Waals surface area contributed by atoms with Gasteiger partial charge in [0.15, 0.2) is 5.78 Å². The lowest BCUT2D eigenvalue weighted by molar-refractivity contribution is -0.146. The maximum atomic E-state index is 12.3. The zero-order valence-electron chi connectivity index (χ0n) is 10.3. The Balaban J connectivity index is 4.75. The molecule has 0 aromatic rings. The summed E-state index contributed by atoms with van der Waals surface area (Å²) in [4.78, 5) is 23.0. The monoisotopic (exact) mass is 333 g/mol. The smallest absolute Gasteiger partial charge is 0.410 e. The maximum absolute atomic E-state index is 12.3. The number of hydrogen-bond donors (Lipinski definition) is 0. The molecule has 1 amide bonds. The third kappa shape index (κ3) is 8.32. The zero-order chi connectivity index (χ0) is 14.6. The first kappa shape index (κ1) is 17.2.